The third-order valence-corrected chi connectivity index (χ3v) is 3.49. The first-order chi connectivity index (χ1) is 10.8. The Labute approximate surface area is 126 Å². The van der Waals surface area contributed by atoms with Gasteiger partial charge in [-0.2, -0.15) is 0 Å². The highest BCUT2D eigenvalue weighted by molar-refractivity contribution is 5.82. The maximum atomic E-state index is 9.33. The van der Waals surface area contributed by atoms with Crippen molar-refractivity contribution in [2.45, 2.75) is 0 Å². The number of hydrogen-bond acceptors (Lipinski definition) is 4. The van der Waals surface area contributed by atoms with E-state index >= 15 is 0 Å². The standard InChI is InChI=1S/C18H12N2O2/c21-15-7-5-12(6-8-15)17-11-20-18(22-17)14-9-13-3-1-2-4-16(13)19-10-14/h1-11,21H. The Hall–Kier alpha value is -3.14. The highest BCUT2D eigenvalue weighted by Crippen LogP contribution is 2.28. The molecule has 0 amide bonds. The van der Waals surface area contributed by atoms with Gasteiger partial charge in [0.1, 0.15) is 5.75 Å². The van der Waals surface area contributed by atoms with Crippen molar-refractivity contribution in [3.8, 4) is 28.5 Å². The van der Waals surface area contributed by atoms with Gasteiger partial charge >= 0.3 is 0 Å². The van der Waals surface area contributed by atoms with Crippen molar-refractivity contribution in [1.29, 1.82) is 0 Å². The Morgan fingerprint density at radius 2 is 1.64 bits per heavy atom. The fraction of sp³-hybridized carbons (Fsp3) is 0. The van der Waals surface area contributed by atoms with Gasteiger partial charge < -0.3 is 9.52 Å². The van der Waals surface area contributed by atoms with E-state index in [0.29, 0.717) is 11.7 Å². The van der Waals surface area contributed by atoms with Crippen LogP contribution >= 0.6 is 0 Å². The molecule has 106 valence electrons. The van der Waals surface area contributed by atoms with E-state index < -0.39 is 0 Å². The minimum absolute atomic E-state index is 0.224. The average molecular weight is 288 g/mol. The van der Waals surface area contributed by atoms with E-state index in [9.17, 15) is 5.11 Å². The van der Waals surface area contributed by atoms with Crippen molar-refractivity contribution >= 4 is 10.9 Å². The first kappa shape index (κ1) is 12.6. The quantitative estimate of drug-likeness (QED) is 0.598. The molecule has 0 unspecified atom stereocenters. The van der Waals surface area contributed by atoms with Crippen LogP contribution < -0.4 is 0 Å². The van der Waals surface area contributed by atoms with Crippen molar-refractivity contribution in [3.63, 3.8) is 0 Å². The zero-order valence-corrected chi connectivity index (χ0v) is 11.6. The largest absolute Gasteiger partial charge is 0.508 e. The van der Waals surface area contributed by atoms with Crippen molar-refractivity contribution in [1.82, 2.24) is 9.97 Å². The highest BCUT2D eigenvalue weighted by Gasteiger charge is 2.09. The minimum Gasteiger partial charge on any atom is -0.508 e. The lowest BCUT2D eigenvalue weighted by molar-refractivity contribution is 0.475. The zero-order valence-electron chi connectivity index (χ0n) is 11.6. The van der Waals surface area contributed by atoms with E-state index in [1.54, 1.807) is 36.7 Å². The normalized spacial score (nSPS) is 10.9. The average Bonchev–Trinajstić information content (AvgIpc) is 3.05. The molecule has 0 aliphatic rings. The monoisotopic (exact) mass is 288 g/mol. The second-order valence-electron chi connectivity index (χ2n) is 4.99. The molecule has 2 aromatic carbocycles. The first-order valence-electron chi connectivity index (χ1n) is 6.90. The summed E-state index contributed by atoms with van der Waals surface area (Å²) in [7, 11) is 0. The van der Waals surface area contributed by atoms with E-state index in [-0.39, 0.29) is 5.75 Å². The van der Waals surface area contributed by atoms with Crippen LogP contribution in [0.2, 0.25) is 0 Å². The minimum atomic E-state index is 0.224. The molecule has 4 heteroatoms. The van der Waals surface area contributed by atoms with Crippen molar-refractivity contribution < 1.29 is 9.52 Å². The van der Waals surface area contributed by atoms with Crippen LogP contribution in [0, 0.1) is 0 Å². The lowest BCUT2D eigenvalue weighted by atomic mass is 10.1. The lowest BCUT2D eigenvalue weighted by Gasteiger charge is -2.00. The van der Waals surface area contributed by atoms with Crippen molar-refractivity contribution in [3.05, 3.63) is 67.0 Å². The maximum Gasteiger partial charge on any atom is 0.228 e. The Morgan fingerprint density at radius 3 is 2.50 bits per heavy atom. The molecule has 4 nitrogen and oxygen atoms in total. The molecular weight excluding hydrogens is 276 g/mol. The van der Waals surface area contributed by atoms with Gasteiger partial charge in [0.25, 0.3) is 0 Å². The van der Waals surface area contributed by atoms with Gasteiger partial charge in [-0.3, -0.25) is 4.98 Å². The van der Waals surface area contributed by atoms with Crippen LogP contribution in [0.4, 0.5) is 0 Å². The highest BCUT2D eigenvalue weighted by atomic mass is 16.4. The number of pyridine rings is 1. The summed E-state index contributed by atoms with van der Waals surface area (Å²) in [6.45, 7) is 0. The van der Waals surface area contributed by atoms with Gasteiger partial charge in [0, 0.05) is 17.1 Å². The number of benzene rings is 2. The van der Waals surface area contributed by atoms with E-state index in [2.05, 4.69) is 9.97 Å². The predicted octanol–water partition coefficient (Wildman–Crippen LogP) is 4.26. The maximum absolute atomic E-state index is 9.33. The van der Waals surface area contributed by atoms with E-state index in [1.165, 1.54) is 0 Å². The van der Waals surface area contributed by atoms with Crippen molar-refractivity contribution in [2.24, 2.45) is 0 Å². The van der Waals surface area contributed by atoms with Gasteiger partial charge in [-0.25, -0.2) is 4.98 Å². The summed E-state index contributed by atoms with van der Waals surface area (Å²) in [4.78, 5) is 8.74. The number of para-hydroxylation sites is 1. The Bertz CT molecular complexity index is 943. The Morgan fingerprint density at radius 1 is 0.818 bits per heavy atom. The fourth-order valence-corrected chi connectivity index (χ4v) is 2.35. The number of rotatable bonds is 2. The molecule has 0 radical (unpaired) electrons. The number of phenols is 1. The molecule has 4 rings (SSSR count). The summed E-state index contributed by atoms with van der Waals surface area (Å²) in [5.41, 5.74) is 2.64. The predicted molar refractivity (Wildman–Crippen MR) is 84.3 cm³/mol. The molecule has 0 bridgehead atoms. The van der Waals surface area contributed by atoms with Crippen LogP contribution in [0.5, 0.6) is 5.75 Å². The Balaban J connectivity index is 1.74. The van der Waals surface area contributed by atoms with Crippen LogP contribution in [0.1, 0.15) is 0 Å². The molecular formula is C18H12N2O2. The molecule has 0 saturated carbocycles. The van der Waals surface area contributed by atoms with E-state index in [0.717, 1.165) is 22.0 Å². The Kier molecular flexibility index (Phi) is 2.86. The van der Waals surface area contributed by atoms with Gasteiger partial charge in [-0.15, -0.1) is 0 Å². The number of aromatic nitrogens is 2. The van der Waals surface area contributed by atoms with Gasteiger partial charge in [0.2, 0.25) is 5.89 Å². The summed E-state index contributed by atoms with van der Waals surface area (Å²) >= 11 is 0. The van der Waals surface area contributed by atoms with Gasteiger partial charge in [-0.1, -0.05) is 18.2 Å². The molecule has 2 heterocycles. The fourth-order valence-electron chi connectivity index (χ4n) is 2.35. The van der Waals surface area contributed by atoms with Crippen LogP contribution in [-0.4, -0.2) is 15.1 Å². The molecule has 22 heavy (non-hydrogen) atoms. The number of oxazole rings is 1. The number of hydrogen-bond donors (Lipinski definition) is 1. The van der Waals surface area contributed by atoms with Gasteiger partial charge in [0.15, 0.2) is 5.76 Å². The van der Waals surface area contributed by atoms with Crippen molar-refractivity contribution in [2.75, 3.05) is 0 Å². The lowest BCUT2D eigenvalue weighted by Crippen LogP contribution is -1.82. The SMILES string of the molecule is Oc1ccc(-c2cnc(-c3cnc4ccccc4c3)o2)cc1. The molecule has 0 aliphatic carbocycles. The third kappa shape index (κ3) is 2.20. The molecule has 0 aliphatic heterocycles. The summed E-state index contributed by atoms with van der Waals surface area (Å²) < 4.78 is 5.81. The molecule has 4 aromatic rings. The third-order valence-electron chi connectivity index (χ3n) is 3.49. The topological polar surface area (TPSA) is 59.2 Å². The van der Waals surface area contributed by atoms with Gasteiger partial charge in [0.05, 0.1) is 17.3 Å². The summed E-state index contributed by atoms with van der Waals surface area (Å²) in [6.07, 6.45) is 3.44. The molecule has 0 saturated heterocycles. The van der Waals surface area contributed by atoms with Crippen LogP contribution in [0.15, 0.2) is 71.4 Å². The first-order valence-corrected chi connectivity index (χ1v) is 6.90. The molecule has 1 N–H and O–H groups in total. The number of fused-ring (bicyclic) bond motifs is 1. The van der Waals surface area contributed by atoms with E-state index in [1.807, 2.05) is 30.3 Å². The van der Waals surface area contributed by atoms with Crippen LogP contribution in [-0.2, 0) is 0 Å². The summed E-state index contributed by atoms with van der Waals surface area (Å²) in [5.74, 6) is 1.41. The molecule has 0 atom stereocenters. The number of nitrogens with zero attached hydrogens (tertiary/aromatic N) is 2. The summed E-state index contributed by atoms with van der Waals surface area (Å²) in [5, 5.41) is 10.4. The summed E-state index contributed by atoms with van der Waals surface area (Å²) in [6, 6.07) is 16.7. The van der Waals surface area contributed by atoms with E-state index in [4.69, 9.17) is 4.42 Å². The molecule has 0 spiro atoms. The molecule has 2 aromatic heterocycles. The molecule has 0 fully saturated rings. The second kappa shape index (κ2) is 5.00. The second-order valence-corrected chi connectivity index (χ2v) is 4.99. The smallest absolute Gasteiger partial charge is 0.228 e. The van der Waals surface area contributed by atoms with Crippen LogP contribution in [0.3, 0.4) is 0 Å². The van der Waals surface area contributed by atoms with Gasteiger partial charge in [-0.05, 0) is 36.4 Å². The van der Waals surface area contributed by atoms with Crippen LogP contribution in [0.25, 0.3) is 33.7 Å². The number of aromatic hydroxyl groups is 1. The zero-order chi connectivity index (χ0) is 14.9. The number of phenolic OH excluding ortho intramolecular Hbond substituents is 1.